The zero-order valence-corrected chi connectivity index (χ0v) is 14.3. The molecule has 0 aromatic carbocycles. The van der Waals surface area contributed by atoms with Gasteiger partial charge in [0.1, 0.15) is 0 Å². The Morgan fingerprint density at radius 2 is 0.682 bits per heavy atom. The van der Waals surface area contributed by atoms with E-state index in [0.29, 0.717) is 0 Å². The van der Waals surface area contributed by atoms with Gasteiger partial charge in [0.2, 0.25) is 0 Å². The summed E-state index contributed by atoms with van der Waals surface area (Å²) in [4.78, 5) is 0. The summed E-state index contributed by atoms with van der Waals surface area (Å²) in [5.74, 6) is 0. The van der Waals surface area contributed by atoms with Gasteiger partial charge in [-0.05, 0) is 51.4 Å². The van der Waals surface area contributed by atoms with Crippen molar-refractivity contribution in [2.75, 3.05) is 0 Å². The van der Waals surface area contributed by atoms with E-state index >= 15 is 0 Å². The van der Waals surface area contributed by atoms with Crippen LogP contribution < -0.4 is 0 Å². The summed E-state index contributed by atoms with van der Waals surface area (Å²) in [7, 11) is -6.00. The summed E-state index contributed by atoms with van der Waals surface area (Å²) in [6.07, 6.45) is 28.0. The smallest absolute Gasteiger partial charge is 0.418 e. The van der Waals surface area contributed by atoms with Gasteiger partial charge < -0.3 is 17.3 Å². The molecule has 0 nitrogen and oxygen atoms in total. The predicted octanol–water partition coefficient (Wildman–Crippen LogP) is 6.64. The van der Waals surface area contributed by atoms with Gasteiger partial charge in [-0.25, -0.2) is 0 Å². The van der Waals surface area contributed by atoms with Crippen molar-refractivity contribution in [1.29, 1.82) is 0 Å². The average molecular weight is 406 g/mol. The Morgan fingerprint density at radius 1 is 0.500 bits per heavy atom. The van der Waals surface area contributed by atoms with Crippen LogP contribution in [0, 0.1) is 0 Å². The molecule has 0 fully saturated rings. The van der Waals surface area contributed by atoms with Crippen LogP contribution in [0.3, 0.4) is 0 Å². The number of rotatable bonds is 0. The van der Waals surface area contributed by atoms with E-state index in [1.807, 2.05) is 0 Å². The summed E-state index contributed by atoms with van der Waals surface area (Å²) in [6.45, 7) is 0. The van der Waals surface area contributed by atoms with Crippen LogP contribution in [0.4, 0.5) is 17.3 Å². The molecule has 0 aromatic rings. The van der Waals surface area contributed by atoms with Crippen LogP contribution in [-0.2, 0) is 19.5 Å². The molecule has 0 atom stereocenters. The van der Waals surface area contributed by atoms with Gasteiger partial charge in [0, 0.05) is 19.5 Å². The van der Waals surface area contributed by atoms with E-state index in [2.05, 4.69) is 48.6 Å². The zero-order chi connectivity index (χ0) is 15.8. The van der Waals surface area contributed by atoms with E-state index < -0.39 is 7.25 Å². The number of hydrogen-bond donors (Lipinski definition) is 0. The molecule has 0 saturated heterocycles. The molecule has 129 valence electrons. The average Bonchev–Trinajstić information content (AvgIpc) is 2.24. The third kappa shape index (κ3) is 27.7. The molecular weight excluding hydrogens is 382 g/mol. The zero-order valence-electron chi connectivity index (χ0n) is 12.7. The molecule has 22 heavy (non-hydrogen) atoms. The second-order valence-corrected chi connectivity index (χ2v) is 4.78. The quantitative estimate of drug-likeness (QED) is 0.313. The van der Waals surface area contributed by atoms with Gasteiger partial charge in [0.05, 0.1) is 0 Å². The summed E-state index contributed by atoms with van der Waals surface area (Å²) in [5.41, 5.74) is 0. The Morgan fingerprint density at radius 3 is 0.864 bits per heavy atom. The monoisotopic (exact) mass is 406 g/mol. The molecule has 2 rings (SSSR count). The first kappa shape index (κ1) is 23.6. The minimum absolute atomic E-state index is 0. The van der Waals surface area contributed by atoms with Crippen LogP contribution in [0.1, 0.15) is 51.4 Å². The second kappa shape index (κ2) is 16.7. The topological polar surface area (TPSA) is 0 Å². The number of allylic oxidation sites excluding steroid dienone is 8. The fourth-order valence-corrected chi connectivity index (χ4v) is 1.75. The molecule has 1 radical (unpaired) electrons. The minimum atomic E-state index is -6.00. The second-order valence-electron chi connectivity index (χ2n) is 4.78. The molecule has 0 aromatic heterocycles. The summed E-state index contributed by atoms with van der Waals surface area (Å²) in [6, 6.07) is 0. The molecule has 0 bridgehead atoms. The van der Waals surface area contributed by atoms with Gasteiger partial charge in [0.25, 0.3) is 0 Å². The van der Waals surface area contributed by atoms with Gasteiger partial charge in [-0.2, -0.15) is 0 Å². The normalized spacial score (nSPS) is 23.1. The predicted molar refractivity (Wildman–Crippen MR) is 83.7 cm³/mol. The van der Waals surface area contributed by atoms with E-state index in [4.69, 9.17) is 0 Å². The molecule has 2 aliphatic carbocycles. The van der Waals surface area contributed by atoms with Crippen molar-refractivity contribution in [2.24, 2.45) is 0 Å². The van der Waals surface area contributed by atoms with Crippen LogP contribution in [0.2, 0.25) is 0 Å². The first-order valence-corrected chi connectivity index (χ1v) is 7.51. The maximum Gasteiger partial charge on any atom is 0.673 e. The van der Waals surface area contributed by atoms with Crippen LogP contribution in [0.5, 0.6) is 0 Å². The van der Waals surface area contributed by atoms with E-state index in [-0.39, 0.29) is 19.5 Å². The van der Waals surface area contributed by atoms with Gasteiger partial charge in [-0.3, -0.25) is 0 Å². The van der Waals surface area contributed by atoms with Crippen LogP contribution >= 0.6 is 0 Å². The van der Waals surface area contributed by atoms with E-state index in [1.165, 1.54) is 51.4 Å². The van der Waals surface area contributed by atoms with Crippen molar-refractivity contribution in [3.8, 4) is 0 Å². The van der Waals surface area contributed by atoms with Crippen molar-refractivity contribution in [2.45, 2.75) is 51.4 Å². The van der Waals surface area contributed by atoms with Crippen molar-refractivity contribution in [1.82, 2.24) is 0 Å². The molecule has 0 unspecified atom stereocenters. The molecule has 0 N–H and O–H groups in total. The standard InChI is InChI=1S/2C8H12.BF4.Rh/c2*1-2-4-6-8-7-5-3-1;2-1(3,4)5;/h2*1-4H,5-8H2;;/q;;-1;/b2*3-1-,4-2-;;. The van der Waals surface area contributed by atoms with Crippen molar-refractivity contribution in [3.63, 3.8) is 0 Å². The molecule has 2 aliphatic rings. The minimum Gasteiger partial charge on any atom is -0.418 e. The first-order valence-electron chi connectivity index (χ1n) is 7.51. The Kier molecular flexibility index (Phi) is 18.0. The Labute approximate surface area is 144 Å². The van der Waals surface area contributed by atoms with E-state index in [0.717, 1.165) is 0 Å². The summed E-state index contributed by atoms with van der Waals surface area (Å²) in [5, 5.41) is 0. The van der Waals surface area contributed by atoms with Gasteiger partial charge in [-0.15, -0.1) is 0 Å². The van der Waals surface area contributed by atoms with Crippen molar-refractivity contribution in [3.05, 3.63) is 48.6 Å². The Bertz CT molecular complexity index is 285. The summed E-state index contributed by atoms with van der Waals surface area (Å²) < 4.78 is 39.0. The number of halogens is 4. The van der Waals surface area contributed by atoms with Crippen LogP contribution in [0.25, 0.3) is 0 Å². The molecule has 6 heteroatoms. The fraction of sp³-hybridized carbons (Fsp3) is 0.500. The van der Waals surface area contributed by atoms with Crippen molar-refractivity contribution < 1.29 is 36.7 Å². The van der Waals surface area contributed by atoms with Crippen LogP contribution in [-0.4, -0.2) is 7.25 Å². The van der Waals surface area contributed by atoms with E-state index in [1.54, 1.807) is 0 Å². The fourth-order valence-electron chi connectivity index (χ4n) is 1.75. The molecule has 0 saturated carbocycles. The maximum absolute atomic E-state index is 9.75. The maximum atomic E-state index is 9.75. The third-order valence-corrected chi connectivity index (χ3v) is 2.75. The largest absolute Gasteiger partial charge is 0.673 e. The van der Waals surface area contributed by atoms with Crippen molar-refractivity contribution >= 4 is 7.25 Å². The molecule has 0 amide bonds. The molecular formula is C16H24BF4Rh-. The van der Waals surface area contributed by atoms with Gasteiger partial charge in [0.15, 0.2) is 0 Å². The van der Waals surface area contributed by atoms with Gasteiger partial charge in [-0.1, -0.05) is 48.6 Å². The Hall–Kier alpha value is -0.632. The summed E-state index contributed by atoms with van der Waals surface area (Å²) >= 11 is 0. The third-order valence-electron chi connectivity index (χ3n) is 2.75. The van der Waals surface area contributed by atoms with Crippen LogP contribution in [0.15, 0.2) is 48.6 Å². The first-order chi connectivity index (χ1) is 10.0. The molecule has 0 aliphatic heterocycles. The Balaban J connectivity index is 0. The molecule has 0 spiro atoms. The van der Waals surface area contributed by atoms with E-state index in [9.17, 15) is 17.3 Å². The molecule has 0 heterocycles. The van der Waals surface area contributed by atoms with Gasteiger partial charge >= 0.3 is 7.25 Å². The number of hydrogen-bond acceptors (Lipinski definition) is 0. The SMILES string of the molecule is C1=C\CCCC\C=C/1.C1=C\CCCC\C=C/1.F[B-](F)(F)F.[Rh].